The van der Waals surface area contributed by atoms with Gasteiger partial charge in [0, 0.05) is 26.2 Å². The van der Waals surface area contributed by atoms with Gasteiger partial charge in [-0.25, -0.2) is 0 Å². The van der Waals surface area contributed by atoms with Crippen LogP contribution in [0.1, 0.15) is 24.5 Å². The van der Waals surface area contributed by atoms with Crippen LogP contribution >= 0.6 is 0 Å². The van der Waals surface area contributed by atoms with Gasteiger partial charge >= 0.3 is 0 Å². The number of amides is 1. The molecule has 0 saturated carbocycles. The van der Waals surface area contributed by atoms with Crippen LogP contribution in [0.25, 0.3) is 0 Å². The summed E-state index contributed by atoms with van der Waals surface area (Å²) in [5, 5.41) is 19.5. The molecule has 2 aliphatic rings. The van der Waals surface area contributed by atoms with Crippen molar-refractivity contribution in [3.05, 3.63) is 35.4 Å². The number of nitriles is 1. The minimum absolute atomic E-state index is 0.0384. The Morgan fingerprint density at radius 2 is 2.13 bits per heavy atom. The van der Waals surface area contributed by atoms with Crippen LogP contribution < -0.4 is 0 Å². The fourth-order valence-corrected chi connectivity index (χ4v) is 3.65. The summed E-state index contributed by atoms with van der Waals surface area (Å²) < 4.78 is 0. The Bertz CT molecular complexity index is 625. The van der Waals surface area contributed by atoms with E-state index in [1.54, 1.807) is 4.90 Å². The van der Waals surface area contributed by atoms with E-state index in [1.807, 2.05) is 13.0 Å². The van der Waals surface area contributed by atoms with E-state index in [-0.39, 0.29) is 11.9 Å². The normalized spacial score (nSPS) is 25.7. The number of fused-ring (bicyclic) bond motifs is 1. The van der Waals surface area contributed by atoms with E-state index in [1.165, 1.54) is 11.1 Å². The number of rotatable bonds is 3. The highest BCUT2D eigenvalue weighted by Crippen LogP contribution is 2.25. The van der Waals surface area contributed by atoms with Crippen LogP contribution in [0.2, 0.25) is 0 Å². The minimum atomic E-state index is -0.594. The fourth-order valence-electron chi connectivity index (χ4n) is 3.65. The lowest BCUT2D eigenvalue weighted by Crippen LogP contribution is -2.46. The number of likely N-dealkylation sites (tertiary alicyclic amines) is 1. The molecule has 1 fully saturated rings. The molecule has 1 saturated heterocycles. The van der Waals surface area contributed by atoms with Gasteiger partial charge in [-0.3, -0.25) is 9.69 Å². The number of aliphatic hydroxyl groups is 1. The molecule has 3 rings (SSSR count). The SMILES string of the molecule is CCC(C#N)C(=O)N1C[C@@H](O)[C@H](N2CCc3ccccc3C2)C1. The summed E-state index contributed by atoms with van der Waals surface area (Å²) in [5.74, 6) is -0.739. The Labute approximate surface area is 137 Å². The maximum absolute atomic E-state index is 12.4. The van der Waals surface area contributed by atoms with Crippen LogP contribution in [-0.4, -0.2) is 52.6 Å². The molecule has 122 valence electrons. The molecule has 0 spiro atoms. The van der Waals surface area contributed by atoms with Crippen molar-refractivity contribution in [2.45, 2.75) is 38.5 Å². The lowest BCUT2D eigenvalue weighted by Gasteiger charge is -2.34. The third-order valence-electron chi connectivity index (χ3n) is 5.06. The topological polar surface area (TPSA) is 67.6 Å². The molecule has 1 aromatic rings. The molecule has 0 aromatic heterocycles. The number of carbonyl (C=O) groups is 1. The predicted octanol–water partition coefficient (Wildman–Crippen LogP) is 1.17. The highest BCUT2D eigenvalue weighted by Gasteiger charge is 2.39. The van der Waals surface area contributed by atoms with E-state index in [0.717, 1.165) is 19.5 Å². The van der Waals surface area contributed by atoms with Gasteiger partial charge in [-0.05, 0) is 24.0 Å². The molecule has 1 N–H and O–H groups in total. The second-order valence-electron chi connectivity index (χ2n) is 6.46. The molecule has 0 radical (unpaired) electrons. The molecular weight excluding hydrogens is 290 g/mol. The van der Waals surface area contributed by atoms with Crippen molar-refractivity contribution >= 4 is 5.91 Å². The number of hydrogen-bond donors (Lipinski definition) is 1. The Kier molecular flexibility index (Phi) is 4.65. The summed E-state index contributed by atoms with van der Waals surface area (Å²) in [4.78, 5) is 16.3. The van der Waals surface area contributed by atoms with Gasteiger partial charge in [0.1, 0.15) is 5.92 Å². The maximum atomic E-state index is 12.4. The number of aliphatic hydroxyl groups excluding tert-OH is 1. The first-order valence-electron chi connectivity index (χ1n) is 8.31. The predicted molar refractivity (Wildman–Crippen MR) is 86.3 cm³/mol. The minimum Gasteiger partial charge on any atom is -0.390 e. The summed E-state index contributed by atoms with van der Waals surface area (Å²) in [7, 11) is 0. The molecule has 1 aromatic carbocycles. The van der Waals surface area contributed by atoms with Crippen molar-refractivity contribution in [3.63, 3.8) is 0 Å². The molecule has 2 aliphatic heterocycles. The first kappa shape index (κ1) is 16.0. The van der Waals surface area contributed by atoms with Crippen molar-refractivity contribution in [2.75, 3.05) is 19.6 Å². The van der Waals surface area contributed by atoms with Gasteiger partial charge in [-0.2, -0.15) is 5.26 Å². The summed E-state index contributed by atoms with van der Waals surface area (Å²) in [6, 6.07) is 10.4. The summed E-state index contributed by atoms with van der Waals surface area (Å²) in [6.45, 7) is 4.41. The van der Waals surface area contributed by atoms with Crippen LogP contribution in [0, 0.1) is 17.2 Å². The number of carbonyl (C=O) groups excluding carboxylic acids is 1. The van der Waals surface area contributed by atoms with Gasteiger partial charge in [-0.15, -0.1) is 0 Å². The Morgan fingerprint density at radius 3 is 2.83 bits per heavy atom. The van der Waals surface area contributed by atoms with Crippen LogP contribution in [0.5, 0.6) is 0 Å². The van der Waals surface area contributed by atoms with E-state index < -0.39 is 12.0 Å². The summed E-state index contributed by atoms with van der Waals surface area (Å²) >= 11 is 0. The molecule has 5 nitrogen and oxygen atoms in total. The van der Waals surface area contributed by atoms with E-state index >= 15 is 0 Å². The standard InChI is InChI=1S/C18H23N3O2/c1-2-13(9-19)18(23)21-11-16(17(22)12-21)20-8-7-14-5-3-4-6-15(14)10-20/h3-6,13,16-17,22H,2,7-8,10-12H2,1H3/t13?,16-,17-/m1/s1. The lowest BCUT2D eigenvalue weighted by molar-refractivity contribution is -0.133. The van der Waals surface area contributed by atoms with Crippen molar-refractivity contribution in [1.29, 1.82) is 5.26 Å². The third-order valence-corrected chi connectivity index (χ3v) is 5.06. The quantitative estimate of drug-likeness (QED) is 0.909. The van der Waals surface area contributed by atoms with E-state index in [9.17, 15) is 9.90 Å². The maximum Gasteiger partial charge on any atom is 0.240 e. The number of β-amino-alcohol motifs (C(OH)–C–C–N with tert-alkyl or cyclic N) is 1. The molecule has 5 heteroatoms. The number of hydrogen-bond acceptors (Lipinski definition) is 4. The third kappa shape index (κ3) is 3.10. The van der Waals surface area contributed by atoms with Crippen molar-refractivity contribution in [2.24, 2.45) is 5.92 Å². The van der Waals surface area contributed by atoms with Crippen molar-refractivity contribution in [1.82, 2.24) is 9.80 Å². The molecule has 3 atom stereocenters. The second kappa shape index (κ2) is 6.69. The van der Waals surface area contributed by atoms with Crippen molar-refractivity contribution < 1.29 is 9.90 Å². The van der Waals surface area contributed by atoms with E-state index in [2.05, 4.69) is 29.2 Å². The molecule has 2 heterocycles. The number of nitrogens with zero attached hydrogens (tertiary/aromatic N) is 3. The zero-order valence-corrected chi connectivity index (χ0v) is 13.5. The molecular formula is C18H23N3O2. The highest BCUT2D eigenvalue weighted by molar-refractivity contribution is 5.81. The first-order chi connectivity index (χ1) is 11.1. The average molecular weight is 313 g/mol. The summed E-state index contributed by atoms with van der Waals surface area (Å²) in [5.41, 5.74) is 2.68. The van der Waals surface area contributed by atoms with E-state index in [4.69, 9.17) is 5.26 Å². The smallest absolute Gasteiger partial charge is 0.240 e. The second-order valence-corrected chi connectivity index (χ2v) is 6.46. The molecule has 0 aliphatic carbocycles. The zero-order valence-electron chi connectivity index (χ0n) is 13.5. The van der Waals surface area contributed by atoms with Crippen LogP contribution in [0.15, 0.2) is 24.3 Å². The largest absolute Gasteiger partial charge is 0.390 e. The zero-order chi connectivity index (χ0) is 16.4. The molecule has 0 bridgehead atoms. The monoisotopic (exact) mass is 313 g/mol. The van der Waals surface area contributed by atoms with Crippen molar-refractivity contribution in [3.8, 4) is 6.07 Å². The number of benzene rings is 1. The van der Waals surface area contributed by atoms with Gasteiger partial charge in [0.2, 0.25) is 5.91 Å². The van der Waals surface area contributed by atoms with E-state index in [0.29, 0.717) is 19.5 Å². The summed E-state index contributed by atoms with van der Waals surface area (Å²) in [6.07, 6.45) is 0.952. The Hall–Kier alpha value is -1.90. The van der Waals surface area contributed by atoms with Crippen LogP contribution in [-0.2, 0) is 17.8 Å². The van der Waals surface area contributed by atoms with Gasteiger partial charge in [-0.1, -0.05) is 31.2 Å². The highest BCUT2D eigenvalue weighted by atomic mass is 16.3. The van der Waals surface area contributed by atoms with Gasteiger partial charge in [0.25, 0.3) is 0 Å². The Balaban J connectivity index is 1.68. The Morgan fingerprint density at radius 1 is 1.39 bits per heavy atom. The van der Waals surface area contributed by atoms with Crippen LogP contribution in [0.4, 0.5) is 0 Å². The fraction of sp³-hybridized carbons (Fsp3) is 0.556. The molecule has 23 heavy (non-hydrogen) atoms. The lowest BCUT2D eigenvalue weighted by atomic mass is 9.98. The first-order valence-corrected chi connectivity index (χ1v) is 8.31. The van der Waals surface area contributed by atoms with Gasteiger partial charge < -0.3 is 10.0 Å². The molecule has 1 unspecified atom stereocenters. The van der Waals surface area contributed by atoms with Crippen LogP contribution in [0.3, 0.4) is 0 Å². The van der Waals surface area contributed by atoms with Gasteiger partial charge in [0.05, 0.1) is 18.2 Å². The average Bonchev–Trinajstić information content (AvgIpc) is 2.97. The van der Waals surface area contributed by atoms with Gasteiger partial charge in [0.15, 0.2) is 0 Å². The molecule has 1 amide bonds.